The largest absolute Gasteiger partial charge is 0.411 e. The van der Waals surface area contributed by atoms with Crippen LogP contribution in [0.3, 0.4) is 0 Å². The van der Waals surface area contributed by atoms with Gasteiger partial charge in [0.2, 0.25) is 0 Å². The Labute approximate surface area is 209 Å². The third-order valence-corrected chi connectivity index (χ3v) is 5.77. The lowest BCUT2D eigenvalue weighted by Crippen LogP contribution is -2.43. The van der Waals surface area contributed by atoms with Crippen LogP contribution < -0.4 is 11.1 Å². The van der Waals surface area contributed by atoms with Gasteiger partial charge in [0.05, 0.1) is 12.5 Å². The Morgan fingerprint density at radius 1 is 1.32 bits per heavy atom. The first-order chi connectivity index (χ1) is 17.8. The number of nitrogens with zero attached hydrogens (tertiary/aromatic N) is 6. The summed E-state index contributed by atoms with van der Waals surface area (Å²) in [6.45, 7) is 3.75. The summed E-state index contributed by atoms with van der Waals surface area (Å²) in [6.07, 6.45) is 1.06. The minimum atomic E-state index is -0.958. The number of nitrogen functional groups attached to an aromatic ring is 1. The summed E-state index contributed by atoms with van der Waals surface area (Å²) in [5, 5.41) is 14.2. The molecule has 1 unspecified atom stereocenters. The number of carbonyl (C=O) groups is 1. The molecule has 5 rings (SSSR count). The Bertz CT molecular complexity index is 1430. The average molecular weight is 510 g/mol. The molecule has 4 atom stereocenters. The summed E-state index contributed by atoms with van der Waals surface area (Å²) >= 11 is 0. The zero-order valence-corrected chi connectivity index (χ0v) is 19.8. The molecule has 2 aliphatic rings. The summed E-state index contributed by atoms with van der Waals surface area (Å²) in [4.78, 5) is 29.5. The van der Waals surface area contributed by atoms with Crippen LogP contribution in [-0.4, -0.2) is 72.5 Å². The maximum Gasteiger partial charge on any atom is 0.252 e. The first-order valence-electron chi connectivity index (χ1n) is 11.3. The van der Waals surface area contributed by atoms with Crippen LogP contribution in [0.2, 0.25) is 0 Å². The number of amides is 1. The number of hydrogen-bond acceptors (Lipinski definition) is 11. The van der Waals surface area contributed by atoms with Gasteiger partial charge in [0.1, 0.15) is 35.4 Å². The van der Waals surface area contributed by atoms with Crippen LogP contribution in [0.5, 0.6) is 0 Å². The molecule has 0 aliphatic carbocycles. The third-order valence-electron chi connectivity index (χ3n) is 5.77. The van der Waals surface area contributed by atoms with Crippen molar-refractivity contribution in [2.45, 2.75) is 50.6 Å². The van der Waals surface area contributed by atoms with E-state index >= 15 is 0 Å². The van der Waals surface area contributed by atoms with E-state index in [4.69, 9.17) is 25.2 Å². The summed E-state index contributed by atoms with van der Waals surface area (Å²) in [5.74, 6) is 3.92. The summed E-state index contributed by atoms with van der Waals surface area (Å²) in [7, 11) is 0. The number of carbonyl (C=O) groups excluding carboxylic acids is 1. The lowest BCUT2D eigenvalue weighted by atomic mass is 10.1. The lowest BCUT2D eigenvalue weighted by molar-refractivity contribution is -0.197. The molecule has 2 saturated heterocycles. The number of nitrogens with two attached hydrogens (primary N) is 1. The number of aromatic nitrogens is 5. The number of oxime groups is 1. The number of anilines is 1. The van der Waals surface area contributed by atoms with Crippen LogP contribution >= 0.6 is 0 Å². The molecule has 0 saturated carbocycles. The summed E-state index contributed by atoms with van der Waals surface area (Å²) in [6, 6.07) is 2.58. The van der Waals surface area contributed by atoms with Crippen molar-refractivity contribution in [3.8, 4) is 11.8 Å². The zero-order valence-electron chi connectivity index (χ0n) is 19.8. The van der Waals surface area contributed by atoms with Gasteiger partial charge in [0.15, 0.2) is 35.4 Å². The lowest BCUT2D eigenvalue weighted by Gasteiger charge is -2.24. The van der Waals surface area contributed by atoms with Crippen molar-refractivity contribution < 1.29 is 28.6 Å². The summed E-state index contributed by atoms with van der Waals surface area (Å²) in [5.41, 5.74) is 6.93. The van der Waals surface area contributed by atoms with Gasteiger partial charge in [-0.1, -0.05) is 11.1 Å². The molecule has 0 radical (unpaired) electrons. The van der Waals surface area contributed by atoms with E-state index < -0.39 is 36.1 Å². The van der Waals surface area contributed by atoms with Crippen LogP contribution in [0.1, 0.15) is 37.9 Å². The highest BCUT2D eigenvalue weighted by Gasteiger charge is 2.58. The van der Waals surface area contributed by atoms with Crippen molar-refractivity contribution in [2.24, 2.45) is 5.16 Å². The normalized spacial score (nSPS) is 24.2. The fourth-order valence-electron chi connectivity index (χ4n) is 4.24. The van der Waals surface area contributed by atoms with Gasteiger partial charge in [-0.15, -0.1) is 0 Å². The molecule has 0 spiro atoms. The SMILES string of the molecule is CC1(C)O[C@@H]2[C@@H](C(=O)NCCC#Cc3ccc(F)c(/C=N\O)n3)OC(n3cnc4c(N)ncnc43)[C@@H]2O1. The highest BCUT2D eigenvalue weighted by Crippen LogP contribution is 2.43. The van der Waals surface area contributed by atoms with Crippen molar-refractivity contribution in [3.05, 3.63) is 42.0 Å². The smallest absolute Gasteiger partial charge is 0.252 e. The van der Waals surface area contributed by atoms with E-state index in [1.807, 2.05) is 0 Å². The fourth-order valence-corrected chi connectivity index (χ4v) is 4.24. The van der Waals surface area contributed by atoms with Gasteiger partial charge in [-0.05, 0) is 31.9 Å². The van der Waals surface area contributed by atoms with E-state index in [1.54, 1.807) is 18.4 Å². The highest BCUT2D eigenvalue weighted by molar-refractivity contribution is 5.83. The van der Waals surface area contributed by atoms with Gasteiger partial charge in [0.25, 0.3) is 5.91 Å². The minimum absolute atomic E-state index is 0.133. The van der Waals surface area contributed by atoms with Gasteiger partial charge in [-0.3, -0.25) is 9.36 Å². The number of nitrogens with one attached hydrogen (secondary N) is 1. The molecule has 3 aromatic rings. The number of halogens is 1. The number of pyridine rings is 1. The van der Waals surface area contributed by atoms with Crippen molar-refractivity contribution in [1.29, 1.82) is 0 Å². The third kappa shape index (κ3) is 4.79. The predicted octanol–water partition coefficient (Wildman–Crippen LogP) is 0.726. The first-order valence-corrected chi connectivity index (χ1v) is 11.3. The summed E-state index contributed by atoms with van der Waals surface area (Å²) < 4.78 is 33.4. The first kappa shape index (κ1) is 24.5. The van der Waals surface area contributed by atoms with Crippen LogP contribution in [-0.2, 0) is 19.0 Å². The molecule has 0 aromatic carbocycles. The minimum Gasteiger partial charge on any atom is -0.411 e. The second-order valence-corrected chi connectivity index (χ2v) is 8.75. The Kier molecular flexibility index (Phi) is 6.42. The Morgan fingerprint density at radius 3 is 2.95 bits per heavy atom. The van der Waals surface area contributed by atoms with Gasteiger partial charge in [0, 0.05) is 13.0 Å². The average Bonchev–Trinajstić information content (AvgIpc) is 3.52. The molecule has 2 fully saturated rings. The van der Waals surface area contributed by atoms with Crippen molar-refractivity contribution in [3.63, 3.8) is 0 Å². The van der Waals surface area contributed by atoms with Crippen LogP contribution in [0.15, 0.2) is 29.9 Å². The number of hydrogen-bond donors (Lipinski definition) is 3. The van der Waals surface area contributed by atoms with Crippen LogP contribution in [0, 0.1) is 17.7 Å². The van der Waals surface area contributed by atoms with Crippen molar-refractivity contribution in [1.82, 2.24) is 29.8 Å². The quantitative estimate of drug-likeness (QED) is 0.146. The molecule has 37 heavy (non-hydrogen) atoms. The maximum absolute atomic E-state index is 13.6. The molecule has 4 N–H and O–H groups in total. The molecule has 192 valence electrons. The highest BCUT2D eigenvalue weighted by atomic mass is 19.1. The standard InChI is InChI=1S/C23H23FN8O5/c1-23(2)36-16-17(21(33)26-8-4-3-5-12-6-7-13(24)14(31-12)9-30-34)35-22(18(16)37-23)32-11-29-15-19(25)27-10-28-20(15)32/h6-7,9-11,16-18,22,34H,4,8H2,1-2H3,(H,26,33)(H2,25,27,28)/b30-9-/t16-,17+,18-,22?/m1/s1. The van der Waals surface area contributed by atoms with E-state index in [1.165, 1.54) is 24.8 Å². The van der Waals surface area contributed by atoms with Gasteiger partial charge in [-0.2, -0.15) is 0 Å². The molecular weight excluding hydrogens is 487 g/mol. The monoisotopic (exact) mass is 510 g/mol. The second-order valence-electron chi connectivity index (χ2n) is 8.75. The maximum atomic E-state index is 13.6. The molecule has 1 amide bonds. The second kappa shape index (κ2) is 9.69. The Balaban J connectivity index is 1.26. The number of ether oxygens (including phenoxy) is 3. The van der Waals surface area contributed by atoms with Crippen LogP contribution in [0.25, 0.3) is 11.2 Å². The van der Waals surface area contributed by atoms with Crippen LogP contribution in [0.4, 0.5) is 10.2 Å². The fraction of sp³-hybridized carbons (Fsp3) is 0.391. The number of rotatable bonds is 5. The Hall–Kier alpha value is -4.19. The Morgan fingerprint density at radius 2 is 2.14 bits per heavy atom. The van der Waals surface area contributed by atoms with Gasteiger partial charge in [-0.25, -0.2) is 24.3 Å². The van der Waals surface area contributed by atoms with Gasteiger partial charge < -0.3 is 30.5 Å². The molecule has 2 aliphatic heterocycles. The van der Waals surface area contributed by atoms with Crippen molar-refractivity contribution >= 4 is 29.1 Å². The topological polar surface area (TPSA) is 172 Å². The molecule has 0 bridgehead atoms. The molecule has 3 aromatic heterocycles. The molecular formula is C23H23FN8O5. The zero-order chi connectivity index (χ0) is 26.2. The predicted molar refractivity (Wildman–Crippen MR) is 126 cm³/mol. The molecule has 14 heteroatoms. The molecule has 13 nitrogen and oxygen atoms in total. The van der Waals surface area contributed by atoms with Crippen molar-refractivity contribution in [2.75, 3.05) is 12.3 Å². The van der Waals surface area contributed by atoms with Gasteiger partial charge >= 0.3 is 0 Å². The van der Waals surface area contributed by atoms with E-state index in [9.17, 15) is 9.18 Å². The van der Waals surface area contributed by atoms with E-state index in [2.05, 4.69) is 42.2 Å². The van der Waals surface area contributed by atoms with E-state index in [-0.39, 0.29) is 24.0 Å². The number of imidazole rings is 1. The van der Waals surface area contributed by atoms with E-state index in [0.717, 1.165) is 6.21 Å². The molecule has 5 heterocycles. The number of fused-ring (bicyclic) bond motifs is 2. The van der Waals surface area contributed by atoms with E-state index in [0.29, 0.717) is 23.3 Å².